The van der Waals surface area contributed by atoms with Crippen LogP contribution in [0.3, 0.4) is 0 Å². The Balaban J connectivity index is 1.89. The molecule has 0 aliphatic rings. The smallest absolute Gasteiger partial charge is 0.339 e. The van der Waals surface area contributed by atoms with Crippen molar-refractivity contribution in [2.24, 2.45) is 5.92 Å². The summed E-state index contributed by atoms with van der Waals surface area (Å²) >= 11 is 0. The van der Waals surface area contributed by atoms with Gasteiger partial charge in [-0.15, -0.1) is 6.42 Å². The Hall–Kier alpha value is -2.96. The van der Waals surface area contributed by atoms with Gasteiger partial charge in [-0.25, -0.2) is 4.79 Å². The van der Waals surface area contributed by atoms with Crippen molar-refractivity contribution in [3.8, 4) is 12.3 Å². The van der Waals surface area contributed by atoms with Crippen LogP contribution in [0, 0.1) is 18.3 Å². The second kappa shape index (κ2) is 9.30. The molecule has 0 aliphatic carbocycles. The Morgan fingerprint density at radius 3 is 1.71 bits per heavy atom. The molecule has 140 valence electrons. The van der Waals surface area contributed by atoms with Crippen LogP contribution in [0.1, 0.15) is 24.2 Å². The number of terminal acetylenes is 1. The molecule has 2 nitrogen and oxygen atoms in total. The molecule has 3 rings (SSSR count). The second-order valence-corrected chi connectivity index (χ2v) is 8.72. The lowest BCUT2D eigenvalue weighted by Gasteiger charge is -2.15. The Morgan fingerprint density at radius 1 is 0.821 bits per heavy atom. The molecule has 3 heteroatoms. The van der Waals surface area contributed by atoms with Crippen LogP contribution >= 0.6 is 0 Å². The molecule has 0 spiro atoms. The summed E-state index contributed by atoms with van der Waals surface area (Å²) in [5.41, 5.74) is 0.509. The summed E-state index contributed by atoms with van der Waals surface area (Å²) in [6.45, 7) is 3.87. The van der Waals surface area contributed by atoms with Crippen molar-refractivity contribution in [3.63, 3.8) is 0 Å². The number of hydrogen-bond acceptors (Lipinski definition) is 2. The van der Waals surface area contributed by atoms with E-state index < -0.39 is 6.10 Å². The van der Waals surface area contributed by atoms with E-state index in [0.29, 0.717) is 5.56 Å². The molecule has 0 fully saturated rings. The minimum Gasteiger partial charge on any atom is -0.445 e. The van der Waals surface area contributed by atoms with Gasteiger partial charge in [0.1, 0.15) is 0 Å². The van der Waals surface area contributed by atoms with Gasteiger partial charge in [-0.1, -0.05) is 56.2 Å². The van der Waals surface area contributed by atoms with E-state index in [1.807, 2.05) is 50.2 Å². The molecule has 0 radical (unpaired) electrons. The molecule has 3 aromatic rings. The first-order valence-corrected chi connectivity index (χ1v) is 10.4. The first kappa shape index (κ1) is 19.8. The van der Waals surface area contributed by atoms with Crippen LogP contribution in [0.4, 0.5) is 0 Å². The molecule has 0 saturated heterocycles. The minimum atomic E-state index is -0.518. The lowest BCUT2D eigenvalue weighted by molar-refractivity contribution is 0.0330. The fourth-order valence-corrected chi connectivity index (χ4v) is 4.88. The molecular formula is C25H23O2S+. The summed E-state index contributed by atoms with van der Waals surface area (Å²) in [5, 5.41) is 0. The van der Waals surface area contributed by atoms with Crippen molar-refractivity contribution < 1.29 is 9.53 Å². The average molecular weight is 388 g/mol. The normalized spacial score (nSPS) is 11.8. The number of carbonyl (C=O) groups is 1. The van der Waals surface area contributed by atoms with Crippen LogP contribution in [-0.4, -0.2) is 12.1 Å². The Bertz CT molecular complexity index is 902. The predicted molar refractivity (Wildman–Crippen MR) is 114 cm³/mol. The lowest BCUT2D eigenvalue weighted by Crippen LogP contribution is -2.22. The van der Waals surface area contributed by atoms with Gasteiger partial charge in [-0.05, 0) is 48.5 Å². The number of benzene rings is 3. The molecule has 0 saturated carbocycles. The van der Waals surface area contributed by atoms with Gasteiger partial charge in [-0.3, -0.25) is 0 Å². The summed E-state index contributed by atoms with van der Waals surface area (Å²) < 4.78 is 5.44. The number of hydrogen-bond donors (Lipinski definition) is 0. The van der Waals surface area contributed by atoms with E-state index in [1.54, 1.807) is 0 Å². The van der Waals surface area contributed by atoms with Crippen LogP contribution in [0.15, 0.2) is 99.6 Å². The van der Waals surface area contributed by atoms with Gasteiger partial charge in [0.05, 0.1) is 16.5 Å². The maximum Gasteiger partial charge on any atom is 0.339 e. The summed E-state index contributed by atoms with van der Waals surface area (Å²) in [4.78, 5) is 16.0. The van der Waals surface area contributed by atoms with Gasteiger partial charge in [-0.2, -0.15) is 0 Å². The van der Waals surface area contributed by atoms with E-state index in [-0.39, 0.29) is 22.8 Å². The number of carbonyl (C=O) groups excluding carboxylic acids is 1. The number of ether oxygens (including phenoxy) is 1. The third-order valence-electron chi connectivity index (χ3n) is 4.29. The number of rotatable bonds is 6. The highest BCUT2D eigenvalue weighted by Crippen LogP contribution is 2.31. The van der Waals surface area contributed by atoms with Gasteiger partial charge in [0.25, 0.3) is 0 Å². The topological polar surface area (TPSA) is 26.3 Å². The van der Waals surface area contributed by atoms with Crippen LogP contribution in [0.5, 0.6) is 0 Å². The highest BCUT2D eigenvalue weighted by atomic mass is 32.2. The van der Waals surface area contributed by atoms with Crippen molar-refractivity contribution in [1.82, 2.24) is 0 Å². The van der Waals surface area contributed by atoms with E-state index in [1.165, 1.54) is 9.79 Å². The van der Waals surface area contributed by atoms with Gasteiger partial charge in [0.2, 0.25) is 0 Å². The Labute approximate surface area is 169 Å². The molecule has 0 N–H and O–H groups in total. The SMILES string of the molecule is C#CC(OC(=O)c1ccc([S+](c2ccccc2)c2ccccc2)cc1)C(C)C. The zero-order chi connectivity index (χ0) is 19.9. The third kappa shape index (κ3) is 4.65. The van der Waals surface area contributed by atoms with Crippen LogP contribution < -0.4 is 0 Å². The maximum atomic E-state index is 12.4. The highest BCUT2D eigenvalue weighted by Gasteiger charge is 2.28. The molecular weight excluding hydrogens is 364 g/mol. The molecule has 1 unspecified atom stereocenters. The summed E-state index contributed by atoms with van der Waals surface area (Å²) in [6, 6.07) is 28.4. The van der Waals surface area contributed by atoms with Crippen molar-refractivity contribution in [1.29, 1.82) is 0 Å². The first-order valence-electron chi connectivity index (χ1n) is 9.21. The molecule has 0 aliphatic heterocycles. The van der Waals surface area contributed by atoms with Crippen molar-refractivity contribution in [2.75, 3.05) is 0 Å². The minimum absolute atomic E-state index is 0.0789. The second-order valence-electron chi connectivity index (χ2n) is 6.69. The Morgan fingerprint density at radius 2 is 1.29 bits per heavy atom. The van der Waals surface area contributed by atoms with Crippen molar-refractivity contribution in [3.05, 3.63) is 90.5 Å². The van der Waals surface area contributed by atoms with Crippen LogP contribution in [0.2, 0.25) is 0 Å². The molecule has 3 aromatic carbocycles. The van der Waals surface area contributed by atoms with E-state index in [0.717, 1.165) is 4.90 Å². The molecule has 28 heavy (non-hydrogen) atoms. The van der Waals surface area contributed by atoms with Gasteiger partial charge < -0.3 is 4.74 Å². The van der Waals surface area contributed by atoms with E-state index in [2.05, 4.69) is 54.5 Å². The predicted octanol–water partition coefficient (Wildman–Crippen LogP) is 5.60. The maximum absolute atomic E-state index is 12.4. The fraction of sp³-hybridized carbons (Fsp3) is 0.160. The summed E-state index contributed by atoms with van der Waals surface area (Å²) in [7, 11) is -0.240. The summed E-state index contributed by atoms with van der Waals surface area (Å²) in [5.74, 6) is 2.23. The van der Waals surface area contributed by atoms with Crippen molar-refractivity contribution in [2.45, 2.75) is 34.6 Å². The molecule has 0 amide bonds. The standard InChI is InChI=1S/C25H23O2S/c1-4-24(19(2)3)27-25(26)20-15-17-23(18-16-20)28(21-11-7-5-8-12-21)22-13-9-6-10-14-22/h1,5-19,24H,2-3H3/q+1. The van der Waals surface area contributed by atoms with Crippen molar-refractivity contribution >= 4 is 16.9 Å². The van der Waals surface area contributed by atoms with E-state index >= 15 is 0 Å². The molecule has 0 heterocycles. The van der Waals surface area contributed by atoms with Gasteiger partial charge in [0, 0.05) is 5.92 Å². The zero-order valence-corrected chi connectivity index (χ0v) is 16.9. The highest BCUT2D eigenvalue weighted by molar-refractivity contribution is 7.97. The van der Waals surface area contributed by atoms with E-state index in [4.69, 9.17) is 11.2 Å². The van der Waals surface area contributed by atoms with Gasteiger partial charge in [0.15, 0.2) is 20.8 Å². The first-order chi connectivity index (χ1) is 13.6. The number of esters is 1. The average Bonchev–Trinajstić information content (AvgIpc) is 2.74. The lowest BCUT2D eigenvalue weighted by atomic mass is 10.1. The fourth-order valence-electron chi connectivity index (χ4n) is 2.79. The zero-order valence-electron chi connectivity index (χ0n) is 16.0. The van der Waals surface area contributed by atoms with Crippen LogP contribution in [-0.2, 0) is 15.6 Å². The van der Waals surface area contributed by atoms with Gasteiger partial charge >= 0.3 is 5.97 Å². The van der Waals surface area contributed by atoms with Crippen LogP contribution in [0.25, 0.3) is 0 Å². The largest absolute Gasteiger partial charge is 0.445 e. The molecule has 0 bridgehead atoms. The Kier molecular flexibility index (Phi) is 6.57. The molecule has 0 aromatic heterocycles. The quantitative estimate of drug-likeness (QED) is 0.313. The third-order valence-corrected chi connectivity index (χ3v) is 6.52. The molecule has 1 atom stereocenters. The summed E-state index contributed by atoms with van der Waals surface area (Å²) in [6.07, 6.45) is 4.95. The monoisotopic (exact) mass is 387 g/mol. The van der Waals surface area contributed by atoms with E-state index in [9.17, 15) is 4.79 Å².